The monoisotopic (exact) mass is 315 g/mol. The van der Waals surface area contributed by atoms with E-state index in [2.05, 4.69) is 25.3 Å². The van der Waals surface area contributed by atoms with Crippen LogP contribution in [0.2, 0.25) is 0 Å². The molecule has 2 aliphatic rings. The van der Waals surface area contributed by atoms with Gasteiger partial charge in [-0.1, -0.05) is 12.1 Å². The van der Waals surface area contributed by atoms with Crippen LogP contribution >= 0.6 is 0 Å². The molecule has 7 heteroatoms. The Hall–Kier alpha value is -2.18. The van der Waals surface area contributed by atoms with Crippen molar-refractivity contribution in [1.82, 2.24) is 20.4 Å². The van der Waals surface area contributed by atoms with Crippen molar-refractivity contribution >= 4 is 22.8 Å². The molecular formula is C16H21N5O2. The van der Waals surface area contributed by atoms with Gasteiger partial charge in [-0.25, -0.2) is 4.98 Å². The Labute approximate surface area is 134 Å². The van der Waals surface area contributed by atoms with Gasteiger partial charge in [0.15, 0.2) is 0 Å². The molecule has 7 nitrogen and oxygen atoms in total. The van der Waals surface area contributed by atoms with Crippen molar-refractivity contribution < 1.29 is 9.32 Å². The maximum Gasteiger partial charge on any atom is 0.263 e. The smallest absolute Gasteiger partial charge is 0.263 e. The normalized spacial score (nSPS) is 21.6. The van der Waals surface area contributed by atoms with Crippen LogP contribution in [0, 0.1) is 5.92 Å². The number of rotatable bonds is 4. The van der Waals surface area contributed by atoms with Crippen LogP contribution in [0.3, 0.4) is 0 Å². The zero-order valence-electron chi connectivity index (χ0n) is 13.3. The molecule has 1 aliphatic heterocycles. The lowest BCUT2D eigenvalue weighted by Gasteiger charge is -2.33. The van der Waals surface area contributed by atoms with E-state index in [1.807, 2.05) is 6.92 Å². The highest BCUT2D eigenvalue weighted by molar-refractivity contribution is 5.88. The highest BCUT2D eigenvalue weighted by Gasteiger charge is 2.32. The van der Waals surface area contributed by atoms with Crippen molar-refractivity contribution in [2.45, 2.75) is 45.1 Å². The minimum Gasteiger partial charge on any atom is -0.355 e. The first-order chi connectivity index (χ1) is 11.3. The van der Waals surface area contributed by atoms with E-state index in [9.17, 15) is 4.79 Å². The van der Waals surface area contributed by atoms with Crippen molar-refractivity contribution in [2.75, 3.05) is 18.0 Å². The number of carbonyl (C=O) groups excluding carboxylic acids is 1. The first-order valence-electron chi connectivity index (χ1n) is 8.41. The standard InChI is InChI=1S/C16H21N5O2/c1-2-12-13-14(17-9-18-16(13)23-20-12)21-7-3-4-10(8-21)15(22)19-11-5-6-11/h9-11H,2-8H2,1H3,(H,19,22). The summed E-state index contributed by atoms with van der Waals surface area (Å²) in [5.74, 6) is 1.06. The first-order valence-corrected chi connectivity index (χ1v) is 8.41. The second-order valence-electron chi connectivity index (χ2n) is 6.43. The number of fused-ring (bicyclic) bond motifs is 1. The zero-order valence-corrected chi connectivity index (χ0v) is 13.3. The summed E-state index contributed by atoms with van der Waals surface area (Å²) in [6.45, 7) is 3.63. The average molecular weight is 315 g/mol. The Kier molecular flexibility index (Phi) is 3.63. The third-order valence-corrected chi connectivity index (χ3v) is 4.67. The molecule has 2 fully saturated rings. The molecule has 2 aromatic heterocycles. The molecular weight excluding hydrogens is 294 g/mol. The number of nitrogens with zero attached hydrogens (tertiary/aromatic N) is 4. The lowest BCUT2D eigenvalue weighted by molar-refractivity contribution is -0.125. The molecule has 1 amide bonds. The lowest BCUT2D eigenvalue weighted by Crippen LogP contribution is -2.44. The zero-order chi connectivity index (χ0) is 15.8. The summed E-state index contributed by atoms with van der Waals surface area (Å²) >= 11 is 0. The molecule has 1 N–H and O–H groups in total. The van der Waals surface area contributed by atoms with E-state index in [4.69, 9.17) is 4.52 Å². The maximum absolute atomic E-state index is 12.4. The van der Waals surface area contributed by atoms with E-state index in [1.54, 1.807) is 0 Å². The van der Waals surface area contributed by atoms with E-state index in [0.29, 0.717) is 18.3 Å². The van der Waals surface area contributed by atoms with E-state index in [-0.39, 0.29) is 11.8 Å². The molecule has 0 bridgehead atoms. The number of aryl methyl sites for hydroxylation is 1. The van der Waals surface area contributed by atoms with Crippen molar-refractivity contribution in [3.05, 3.63) is 12.0 Å². The molecule has 1 unspecified atom stereocenters. The number of aromatic nitrogens is 3. The van der Waals surface area contributed by atoms with Crippen LogP contribution in [-0.4, -0.2) is 40.2 Å². The predicted octanol–water partition coefficient (Wildman–Crippen LogP) is 1.68. The maximum atomic E-state index is 12.4. The van der Waals surface area contributed by atoms with Gasteiger partial charge < -0.3 is 14.7 Å². The third-order valence-electron chi connectivity index (χ3n) is 4.67. The summed E-state index contributed by atoms with van der Waals surface area (Å²) in [4.78, 5) is 23.2. The first kappa shape index (κ1) is 14.4. The van der Waals surface area contributed by atoms with E-state index in [1.165, 1.54) is 6.33 Å². The lowest BCUT2D eigenvalue weighted by atomic mass is 9.97. The number of nitrogens with one attached hydrogen (secondary N) is 1. The fraction of sp³-hybridized carbons (Fsp3) is 0.625. The summed E-state index contributed by atoms with van der Waals surface area (Å²) in [5.41, 5.74) is 1.40. The highest BCUT2D eigenvalue weighted by atomic mass is 16.5. The molecule has 23 heavy (non-hydrogen) atoms. The molecule has 0 spiro atoms. The molecule has 122 valence electrons. The second-order valence-corrected chi connectivity index (χ2v) is 6.43. The molecule has 1 atom stereocenters. The summed E-state index contributed by atoms with van der Waals surface area (Å²) in [6, 6.07) is 0.411. The fourth-order valence-corrected chi connectivity index (χ4v) is 3.24. The molecule has 1 saturated heterocycles. The molecule has 2 aromatic rings. The molecule has 1 aliphatic carbocycles. The average Bonchev–Trinajstić information content (AvgIpc) is 3.30. The molecule has 0 radical (unpaired) electrons. The van der Waals surface area contributed by atoms with Gasteiger partial charge in [-0.2, -0.15) is 4.98 Å². The highest BCUT2D eigenvalue weighted by Crippen LogP contribution is 2.30. The molecule has 3 heterocycles. The molecule has 4 rings (SSSR count). The van der Waals surface area contributed by atoms with Gasteiger partial charge in [0.2, 0.25) is 5.91 Å². The van der Waals surface area contributed by atoms with Crippen LogP contribution in [-0.2, 0) is 11.2 Å². The van der Waals surface area contributed by atoms with Crippen molar-refractivity contribution in [3.63, 3.8) is 0 Å². The van der Waals surface area contributed by atoms with Crippen molar-refractivity contribution in [3.8, 4) is 0 Å². The van der Waals surface area contributed by atoms with Gasteiger partial charge >= 0.3 is 0 Å². The Balaban J connectivity index is 1.59. The molecule has 1 saturated carbocycles. The van der Waals surface area contributed by atoms with Gasteiger partial charge in [0, 0.05) is 19.1 Å². The van der Waals surface area contributed by atoms with E-state index >= 15 is 0 Å². The van der Waals surface area contributed by atoms with Gasteiger partial charge in [0.05, 0.1) is 11.6 Å². The number of hydrogen-bond acceptors (Lipinski definition) is 6. The van der Waals surface area contributed by atoms with Crippen LogP contribution in [0.15, 0.2) is 10.9 Å². The SMILES string of the molecule is CCc1noc2ncnc(N3CCCC(C(=O)NC4CC4)C3)c12. The van der Waals surface area contributed by atoms with E-state index < -0.39 is 0 Å². The summed E-state index contributed by atoms with van der Waals surface area (Å²) in [6.07, 6.45) is 6.45. The number of amides is 1. The molecule has 0 aromatic carbocycles. The van der Waals surface area contributed by atoms with Crippen molar-refractivity contribution in [2.24, 2.45) is 5.92 Å². The fourth-order valence-electron chi connectivity index (χ4n) is 3.24. The second kappa shape index (κ2) is 5.79. The number of carbonyl (C=O) groups is 1. The van der Waals surface area contributed by atoms with Crippen LogP contribution in [0.5, 0.6) is 0 Å². The predicted molar refractivity (Wildman–Crippen MR) is 85.1 cm³/mol. The Morgan fingerprint density at radius 3 is 3.04 bits per heavy atom. The number of anilines is 1. The minimum atomic E-state index is 0.0271. The summed E-state index contributed by atoms with van der Waals surface area (Å²) in [7, 11) is 0. The largest absolute Gasteiger partial charge is 0.355 e. The summed E-state index contributed by atoms with van der Waals surface area (Å²) < 4.78 is 5.30. The van der Waals surface area contributed by atoms with Crippen LogP contribution in [0.4, 0.5) is 5.82 Å². The van der Waals surface area contributed by atoms with Gasteiger partial charge in [0.25, 0.3) is 5.71 Å². The van der Waals surface area contributed by atoms with Crippen LogP contribution in [0.1, 0.15) is 38.3 Å². The quantitative estimate of drug-likeness (QED) is 0.924. The van der Waals surface area contributed by atoms with Gasteiger partial charge in [0.1, 0.15) is 17.5 Å². The van der Waals surface area contributed by atoms with Crippen molar-refractivity contribution in [1.29, 1.82) is 0 Å². The number of hydrogen-bond donors (Lipinski definition) is 1. The topological polar surface area (TPSA) is 84.2 Å². The third kappa shape index (κ3) is 2.75. The Morgan fingerprint density at radius 2 is 2.26 bits per heavy atom. The number of piperidine rings is 1. The minimum absolute atomic E-state index is 0.0271. The van der Waals surface area contributed by atoms with Gasteiger partial charge in [-0.3, -0.25) is 4.79 Å². The summed E-state index contributed by atoms with van der Waals surface area (Å²) in [5, 5.41) is 8.10. The van der Waals surface area contributed by atoms with Gasteiger partial charge in [-0.05, 0) is 32.1 Å². The van der Waals surface area contributed by atoms with Crippen LogP contribution in [0.25, 0.3) is 11.1 Å². The van der Waals surface area contributed by atoms with Gasteiger partial charge in [-0.15, -0.1) is 0 Å². The Morgan fingerprint density at radius 1 is 1.39 bits per heavy atom. The van der Waals surface area contributed by atoms with Crippen LogP contribution < -0.4 is 10.2 Å². The van der Waals surface area contributed by atoms with E-state index in [0.717, 1.165) is 55.5 Å². The Bertz CT molecular complexity index is 724.